The number of benzene rings is 1. The van der Waals surface area contributed by atoms with E-state index in [-0.39, 0.29) is 12.0 Å². The number of Topliss-reactive ketones (excluding diaryl/α,β-unsaturated/α-hetero) is 1. The molecule has 0 aromatic heterocycles. The van der Waals surface area contributed by atoms with Gasteiger partial charge in [-0.05, 0) is 42.0 Å². The number of ether oxygens (including phenoxy) is 2. The highest BCUT2D eigenvalue weighted by atomic mass is 16.5. The minimum Gasteiger partial charge on any atom is -0.493 e. The number of methoxy groups -OCH3 is 2. The van der Waals surface area contributed by atoms with Gasteiger partial charge in [-0.1, -0.05) is 13.8 Å². The first-order chi connectivity index (χ1) is 15.1. The molecule has 3 N–H and O–H groups in total. The number of ketones is 1. The summed E-state index contributed by atoms with van der Waals surface area (Å²) in [6.07, 6.45) is 0.0904. The summed E-state index contributed by atoms with van der Waals surface area (Å²) in [5.41, 5.74) is 2.53. The molecule has 0 radical (unpaired) electrons. The van der Waals surface area contributed by atoms with Crippen LogP contribution in [-0.4, -0.2) is 71.4 Å². The lowest BCUT2D eigenvalue weighted by atomic mass is 9.80. The van der Waals surface area contributed by atoms with E-state index in [0.29, 0.717) is 18.1 Å². The van der Waals surface area contributed by atoms with Crippen LogP contribution in [0.25, 0.3) is 0 Å². The second-order valence-corrected chi connectivity index (χ2v) is 8.62. The van der Waals surface area contributed by atoms with Crippen LogP contribution >= 0.6 is 0 Å². The van der Waals surface area contributed by atoms with Gasteiger partial charge in [0.25, 0.3) is 0 Å². The number of carbonyl (C=O) groups is 3. The minimum absolute atomic E-state index is 0.202. The average molecular weight is 452 g/mol. The molecule has 1 unspecified atom stereocenters. The number of nitrogens with zero attached hydrogens (tertiary/aromatic N) is 1. The van der Waals surface area contributed by atoms with Crippen molar-refractivity contribution < 1.29 is 39.2 Å². The van der Waals surface area contributed by atoms with Crippen molar-refractivity contribution in [2.75, 3.05) is 27.3 Å². The Bertz CT molecular complexity index is 838. The summed E-state index contributed by atoms with van der Waals surface area (Å²) in [5, 5.41) is 24.1. The predicted octanol–water partition coefficient (Wildman–Crippen LogP) is 2.14. The van der Waals surface area contributed by atoms with E-state index in [9.17, 15) is 14.4 Å². The molecule has 178 valence electrons. The largest absolute Gasteiger partial charge is 0.493 e. The third kappa shape index (κ3) is 6.43. The van der Waals surface area contributed by atoms with E-state index < -0.39 is 24.5 Å². The predicted molar refractivity (Wildman–Crippen MR) is 116 cm³/mol. The Morgan fingerprint density at radius 3 is 2.28 bits per heavy atom. The van der Waals surface area contributed by atoms with Gasteiger partial charge in [-0.2, -0.15) is 0 Å². The van der Waals surface area contributed by atoms with E-state index in [4.69, 9.17) is 24.8 Å². The van der Waals surface area contributed by atoms with Crippen LogP contribution in [0.2, 0.25) is 0 Å². The number of carboxylic acid groups (broad SMARTS) is 2. The highest BCUT2D eigenvalue weighted by Crippen LogP contribution is 2.42. The highest BCUT2D eigenvalue weighted by molar-refractivity contribution is 5.83. The van der Waals surface area contributed by atoms with E-state index in [2.05, 4.69) is 30.9 Å². The molecule has 0 spiro atoms. The second-order valence-electron chi connectivity index (χ2n) is 8.62. The zero-order chi connectivity index (χ0) is 24.0. The molecule has 0 saturated carbocycles. The van der Waals surface area contributed by atoms with E-state index in [1.54, 1.807) is 14.2 Å². The Kier molecular flexibility index (Phi) is 9.03. The van der Waals surface area contributed by atoms with Crippen molar-refractivity contribution in [1.82, 2.24) is 4.90 Å². The highest BCUT2D eigenvalue weighted by Gasteiger charge is 2.38. The van der Waals surface area contributed by atoms with Gasteiger partial charge >= 0.3 is 11.9 Å². The molecule has 0 aliphatic carbocycles. The SMILES string of the molecule is COc1cc2c(cc1OC)[C@@H]1CC(=O)[C@@H](CC(C)C)CN1CC2.O=C(O)CC(O)C(=O)O. The fraction of sp³-hybridized carbons (Fsp3) is 0.609. The summed E-state index contributed by atoms with van der Waals surface area (Å²) < 4.78 is 10.9. The Morgan fingerprint density at radius 2 is 1.78 bits per heavy atom. The number of hydrogen-bond acceptors (Lipinski definition) is 7. The molecule has 1 fully saturated rings. The normalized spacial score (nSPS) is 21.0. The van der Waals surface area contributed by atoms with Gasteiger partial charge in [0, 0.05) is 31.5 Å². The van der Waals surface area contributed by atoms with Crippen LogP contribution in [0, 0.1) is 11.8 Å². The molecule has 0 amide bonds. The molecular formula is C23H33NO8. The summed E-state index contributed by atoms with van der Waals surface area (Å²) in [6, 6.07) is 4.35. The van der Waals surface area contributed by atoms with Crippen molar-refractivity contribution in [3.8, 4) is 11.5 Å². The Hall–Kier alpha value is -2.65. The second kappa shape index (κ2) is 11.3. The fourth-order valence-corrected chi connectivity index (χ4v) is 4.31. The van der Waals surface area contributed by atoms with Gasteiger partial charge in [0.1, 0.15) is 5.78 Å². The monoisotopic (exact) mass is 451 g/mol. The number of rotatable bonds is 7. The maximum atomic E-state index is 12.6. The van der Waals surface area contributed by atoms with Gasteiger partial charge in [0.2, 0.25) is 0 Å². The lowest BCUT2D eigenvalue weighted by Gasteiger charge is -2.43. The smallest absolute Gasteiger partial charge is 0.333 e. The van der Waals surface area contributed by atoms with Crippen molar-refractivity contribution in [2.45, 2.75) is 51.7 Å². The van der Waals surface area contributed by atoms with E-state index in [0.717, 1.165) is 37.4 Å². The van der Waals surface area contributed by atoms with E-state index in [1.165, 1.54) is 11.1 Å². The van der Waals surface area contributed by atoms with Crippen LogP contribution in [-0.2, 0) is 20.8 Å². The summed E-state index contributed by atoms with van der Waals surface area (Å²) >= 11 is 0. The van der Waals surface area contributed by atoms with Crippen molar-refractivity contribution in [3.63, 3.8) is 0 Å². The fourth-order valence-electron chi connectivity index (χ4n) is 4.31. The molecule has 2 aliphatic rings. The lowest BCUT2D eigenvalue weighted by molar-refractivity contribution is -0.152. The molecule has 3 atom stereocenters. The number of hydrogen-bond donors (Lipinski definition) is 3. The number of fused-ring (bicyclic) bond motifs is 3. The molecule has 2 heterocycles. The molecule has 9 heteroatoms. The Balaban J connectivity index is 0.000000344. The van der Waals surface area contributed by atoms with Crippen LogP contribution in [0.15, 0.2) is 12.1 Å². The first-order valence-electron chi connectivity index (χ1n) is 10.7. The van der Waals surface area contributed by atoms with Gasteiger partial charge in [0.05, 0.1) is 20.6 Å². The van der Waals surface area contributed by atoms with Crippen LogP contribution in [0.4, 0.5) is 0 Å². The number of piperidine rings is 1. The van der Waals surface area contributed by atoms with Crippen molar-refractivity contribution in [2.24, 2.45) is 11.8 Å². The van der Waals surface area contributed by atoms with Crippen LogP contribution < -0.4 is 9.47 Å². The standard InChI is InChI=1S/C19H27NO3.C4H6O5/c1-12(2)7-14-11-20-6-5-13-8-18(22-3)19(23-4)9-15(13)16(20)10-17(14)21;5-2(4(8)9)1-3(6)7/h8-9,12,14,16H,5-7,10-11H2,1-4H3;2,5H,1H2,(H,6,7)(H,8,9)/t14-,16-;/m0./s1. The first-order valence-corrected chi connectivity index (χ1v) is 10.7. The zero-order valence-electron chi connectivity index (χ0n) is 19.0. The number of carbonyl (C=O) groups excluding carboxylic acids is 1. The Labute approximate surface area is 187 Å². The van der Waals surface area contributed by atoms with E-state index >= 15 is 0 Å². The topological polar surface area (TPSA) is 134 Å². The molecule has 2 aliphatic heterocycles. The summed E-state index contributed by atoms with van der Waals surface area (Å²) in [4.78, 5) is 34.5. The number of aliphatic hydroxyl groups excluding tert-OH is 1. The summed E-state index contributed by atoms with van der Waals surface area (Å²) in [6.45, 7) is 6.31. The van der Waals surface area contributed by atoms with E-state index in [1.807, 2.05) is 0 Å². The molecule has 3 rings (SSSR count). The lowest BCUT2D eigenvalue weighted by Crippen LogP contribution is -2.46. The molecule has 32 heavy (non-hydrogen) atoms. The molecule has 1 saturated heterocycles. The number of aliphatic carboxylic acids is 2. The summed E-state index contributed by atoms with van der Waals surface area (Å²) in [5.74, 6) is -0.121. The van der Waals surface area contributed by atoms with Gasteiger partial charge < -0.3 is 24.8 Å². The summed E-state index contributed by atoms with van der Waals surface area (Å²) in [7, 11) is 3.33. The maximum Gasteiger partial charge on any atom is 0.333 e. The Morgan fingerprint density at radius 1 is 1.16 bits per heavy atom. The van der Waals surface area contributed by atoms with Gasteiger partial charge in [-0.3, -0.25) is 14.5 Å². The van der Waals surface area contributed by atoms with Gasteiger partial charge in [-0.15, -0.1) is 0 Å². The maximum absolute atomic E-state index is 12.6. The molecule has 0 bridgehead atoms. The molecular weight excluding hydrogens is 418 g/mol. The first kappa shape index (κ1) is 25.6. The quantitative estimate of drug-likeness (QED) is 0.570. The van der Waals surface area contributed by atoms with Crippen molar-refractivity contribution >= 4 is 17.7 Å². The number of carboxylic acids is 2. The van der Waals surface area contributed by atoms with Crippen LogP contribution in [0.1, 0.15) is 50.3 Å². The zero-order valence-corrected chi connectivity index (χ0v) is 19.0. The minimum atomic E-state index is -1.79. The third-order valence-electron chi connectivity index (χ3n) is 5.83. The molecule has 1 aromatic rings. The number of aliphatic hydroxyl groups is 1. The van der Waals surface area contributed by atoms with Crippen molar-refractivity contribution in [1.29, 1.82) is 0 Å². The van der Waals surface area contributed by atoms with Crippen LogP contribution in [0.5, 0.6) is 11.5 Å². The van der Waals surface area contributed by atoms with Crippen LogP contribution in [0.3, 0.4) is 0 Å². The molecule has 9 nitrogen and oxygen atoms in total. The van der Waals surface area contributed by atoms with Crippen molar-refractivity contribution in [3.05, 3.63) is 23.3 Å². The molecule has 1 aromatic carbocycles. The van der Waals surface area contributed by atoms with Gasteiger partial charge in [0.15, 0.2) is 17.6 Å². The average Bonchev–Trinajstić information content (AvgIpc) is 2.72. The van der Waals surface area contributed by atoms with Gasteiger partial charge in [-0.25, -0.2) is 4.79 Å². The third-order valence-corrected chi connectivity index (χ3v) is 5.83.